The smallest absolute Gasteiger partial charge is 0.278 e. The normalized spacial score (nSPS) is 11.6. The van der Waals surface area contributed by atoms with E-state index in [9.17, 15) is 9.90 Å². The minimum Gasteiger partial charge on any atom is -1.00 e. The van der Waals surface area contributed by atoms with E-state index in [1.807, 2.05) is 24.3 Å². The molecule has 5 N–H and O–H groups in total. The van der Waals surface area contributed by atoms with Gasteiger partial charge in [-0.1, -0.05) is 54.6 Å². The fraction of sp³-hybridized carbons (Fsp3) is 0.190. The average Bonchev–Trinajstić information content (AvgIpc) is 2.63. The van der Waals surface area contributed by atoms with Crippen LogP contribution >= 0.6 is 0 Å². The molecule has 0 aliphatic rings. The first-order valence-corrected chi connectivity index (χ1v) is 8.48. The zero-order valence-corrected chi connectivity index (χ0v) is 15.2. The van der Waals surface area contributed by atoms with Gasteiger partial charge in [0, 0.05) is 13.0 Å². The van der Waals surface area contributed by atoms with Gasteiger partial charge in [-0.3, -0.25) is 4.79 Å². The van der Waals surface area contributed by atoms with Crippen LogP contribution in [0.4, 0.5) is 0 Å². The molecule has 0 spiro atoms. The summed E-state index contributed by atoms with van der Waals surface area (Å²) in [5.41, 5.74) is 6.20. The Labute approximate surface area is 159 Å². The van der Waals surface area contributed by atoms with Gasteiger partial charge >= 0.3 is 0 Å². The van der Waals surface area contributed by atoms with Gasteiger partial charge in [-0.05, 0) is 40.5 Å². The molecule has 0 aliphatic carbocycles. The Morgan fingerprint density at radius 1 is 0.962 bits per heavy atom. The SMILES string of the molecule is [Cl-].[NH3+][C@@H](Cc1ccc2ccccc2c1)C(=O)NCCc1ccc(O)cc1. The number of nitrogens with one attached hydrogen (secondary N) is 1. The summed E-state index contributed by atoms with van der Waals surface area (Å²) in [6.45, 7) is 0.563. The van der Waals surface area contributed by atoms with Crippen molar-refractivity contribution in [2.45, 2.75) is 18.9 Å². The van der Waals surface area contributed by atoms with Crippen molar-refractivity contribution in [2.24, 2.45) is 0 Å². The van der Waals surface area contributed by atoms with E-state index < -0.39 is 0 Å². The van der Waals surface area contributed by atoms with Crippen LogP contribution in [0.2, 0.25) is 0 Å². The second-order valence-corrected chi connectivity index (χ2v) is 6.29. The number of benzene rings is 3. The van der Waals surface area contributed by atoms with Gasteiger partial charge in [-0.25, -0.2) is 0 Å². The Morgan fingerprint density at radius 2 is 1.62 bits per heavy atom. The molecule has 1 atom stereocenters. The molecule has 3 aromatic rings. The van der Waals surface area contributed by atoms with Crippen LogP contribution in [0.5, 0.6) is 5.75 Å². The zero-order valence-electron chi connectivity index (χ0n) is 14.5. The van der Waals surface area contributed by atoms with Crippen molar-refractivity contribution in [2.75, 3.05) is 6.54 Å². The summed E-state index contributed by atoms with van der Waals surface area (Å²) in [6.07, 6.45) is 1.35. The molecule has 0 radical (unpaired) electrons. The minimum absolute atomic E-state index is 0. The maximum absolute atomic E-state index is 12.2. The van der Waals surface area contributed by atoms with Crippen LogP contribution < -0.4 is 23.5 Å². The van der Waals surface area contributed by atoms with Crippen molar-refractivity contribution in [1.82, 2.24) is 5.32 Å². The predicted molar refractivity (Wildman–Crippen MR) is 99.1 cm³/mol. The predicted octanol–water partition coefficient (Wildman–Crippen LogP) is -0.939. The first-order chi connectivity index (χ1) is 12.1. The largest absolute Gasteiger partial charge is 1.00 e. The van der Waals surface area contributed by atoms with Crippen LogP contribution in [0.3, 0.4) is 0 Å². The van der Waals surface area contributed by atoms with Crippen LogP contribution in [-0.4, -0.2) is 23.6 Å². The molecule has 136 valence electrons. The molecule has 0 fully saturated rings. The molecule has 0 heterocycles. The number of carbonyl (C=O) groups is 1. The first kappa shape index (κ1) is 19.8. The summed E-state index contributed by atoms with van der Waals surface area (Å²) < 4.78 is 0. The van der Waals surface area contributed by atoms with E-state index in [1.54, 1.807) is 12.1 Å². The highest BCUT2D eigenvalue weighted by Crippen LogP contribution is 2.16. The van der Waals surface area contributed by atoms with Crippen molar-refractivity contribution in [3.8, 4) is 5.75 Å². The summed E-state index contributed by atoms with van der Waals surface area (Å²) >= 11 is 0. The maximum Gasteiger partial charge on any atom is 0.278 e. The molecule has 1 amide bonds. The summed E-state index contributed by atoms with van der Waals surface area (Å²) in [7, 11) is 0. The van der Waals surface area contributed by atoms with E-state index in [2.05, 4.69) is 41.4 Å². The third-order valence-corrected chi connectivity index (χ3v) is 4.32. The number of hydrogen-bond acceptors (Lipinski definition) is 2. The number of amides is 1. The molecule has 0 aliphatic heterocycles. The molecular weight excluding hydrogens is 348 g/mol. The highest BCUT2D eigenvalue weighted by molar-refractivity contribution is 5.84. The van der Waals surface area contributed by atoms with Gasteiger partial charge in [-0.15, -0.1) is 0 Å². The lowest BCUT2D eigenvalue weighted by atomic mass is 10.0. The van der Waals surface area contributed by atoms with E-state index >= 15 is 0 Å². The van der Waals surface area contributed by atoms with Gasteiger partial charge < -0.3 is 28.6 Å². The number of phenolic OH excluding ortho intramolecular Hbond substituents is 1. The van der Waals surface area contributed by atoms with E-state index in [-0.39, 0.29) is 30.1 Å². The molecular formula is C21H23ClN2O2. The van der Waals surface area contributed by atoms with Crippen molar-refractivity contribution in [3.63, 3.8) is 0 Å². The quantitative estimate of drug-likeness (QED) is 0.524. The van der Waals surface area contributed by atoms with Crippen LogP contribution in [0, 0.1) is 0 Å². The summed E-state index contributed by atoms with van der Waals surface area (Å²) in [4.78, 5) is 12.2. The molecule has 0 aromatic heterocycles. The van der Waals surface area contributed by atoms with Crippen molar-refractivity contribution in [1.29, 1.82) is 0 Å². The lowest BCUT2D eigenvalue weighted by Crippen LogP contribution is -3.00. The zero-order chi connectivity index (χ0) is 17.6. The van der Waals surface area contributed by atoms with E-state index in [1.165, 1.54) is 10.8 Å². The molecule has 3 aromatic carbocycles. The van der Waals surface area contributed by atoms with Gasteiger partial charge in [0.25, 0.3) is 5.91 Å². The lowest BCUT2D eigenvalue weighted by molar-refractivity contribution is -0.403. The van der Waals surface area contributed by atoms with Gasteiger partial charge in [0.1, 0.15) is 5.75 Å². The van der Waals surface area contributed by atoms with Crippen molar-refractivity contribution in [3.05, 3.63) is 77.9 Å². The number of quaternary nitrogens is 1. The molecule has 0 saturated heterocycles. The van der Waals surface area contributed by atoms with Crippen LogP contribution in [0.1, 0.15) is 11.1 Å². The fourth-order valence-electron chi connectivity index (χ4n) is 2.88. The third-order valence-electron chi connectivity index (χ3n) is 4.32. The molecule has 4 nitrogen and oxygen atoms in total. The van der Waals surface area contributed by atoms with Gasteiger partial charge in [0.2, 0.25) is 0 Å². The molecule has 0 unspecified atom stereocenters. The molecule has 3 rings (SSSR count). The molecule has 0 bridgehead atoms. The minimum atomic E-state index is -0.319. The van der Waals surface area contributed by atoms with Crippen LogP contribution in [0.15, 0.2) is 66.7 Å². The summed E-state index contributed by atoms with van der Waals surface area (Å²) in [5, 5.41) is 14.6. The molecule has 0 saturated carbocycles. The van der Waals surface area contributed by atoms with E-state index in [4.69, 9.17) is 0 Å². The third kappa shape index (κ3) is 5.22. The first-order valence-electron chi connectivity index (χ1n) is 8.48. The Kier molecular flexibility index (Phi) is 7.01. The second kappa shape index (κ2) is 9.22. The number of rotatable bonds is 6. The topological polar surface area (TPSA) is 77.0 Å². The highest BCUT2D eigenvalue weighted by atomic mass is 35.5. The Morgan fingerprint density at radius 3 is 2.35 bits per heavy atom. The summed E-state index contributed by atoms with van der Waals surface area (Å²) in [6, 6.07) is 21.2. The van der Waals surface area contributed by atoms with Gasteiger partial charge in [0.05, 0.1) is 0 Å². The highest BCUT2D eigenvalue weighted by Gasteiger charge is 2.17. The number of phenols is 1. The molecule has 5 heteroatoms. The number of aromatic hydroxyl groups is 1. The van der Waals surface area contributed by atoms with Crippen LogP contribution in [-0.2, 0) is 17.6 Å². The Hall–Kier alpha value is -2.56. The Balaban J connectivity index is 0.00000243. The standard InChI is InChI=1S/C21H22N2O2.ClH/c22-20(14-16-5-8-17-3-1-2-4-18(17)13-16)21(25)23-12-11-15-6-9-19(24)10-7-15;/h1-10,13,20,24H,11-12,14,22H2,(H,23,25);1H/t20-;/m0./s1. The average molecular weight is 371 g/mol. The number of fused-ring (bicyclic) bond motifs is 1. The van der Waals surface area contributed by atoms with Crippen molar-refractivity contribution < 1.29 is 28.0 Å². The van der Waals surface area contributed by atoms with Crippen LogP contribution in [0.25, 0.3) is 10.8 Å². The fourth-order valence-corrected chi connectivity index (χ4v) is 2.88. The lowest BCUT2D eigenvalue weighted by Gasteiger charge is -2.10. The number of hydrogen-bond donors (Lipinski definition) is 3. The van der Waals surface area contributed by atoms with Gasteiger partial charge in [0.15, 0.2) is 6.04 Å². The van der Waals surface area contributed by atoms with Gasteiger partial charge in [-0.2, -0.15) is 0 Å². The Bertz CT molecular complexity index is 865. The maximum atomic E-state index is 12.2. The number of carbonyl (C=O) groups excluding carboxylic acids is 1. The molecule has 26 heavy (non-hydrogen) atoms. The summed E-state index contributed by atoms with van der Waals surface area (Å²) in [5.74, 6) is 0.216. The second-order valence-electron chi connectivity index (χ2n) is 6.29. The number of halogens is 1. The van der Waals surface area contributed by atoms with E-state index in [0.29, 0.717) is 13.0 Å². The van der Waals surface area contributed by atoms with Crippen molar-refractivity contribution >= 4 is 16.7 Å². The van der Waals surface area contributed by atoms with E-state index in [0.717, 1.165) is 17.5 Å². The monoisotopic (exact) mass is 370 g/mol.